The van der Waals surface area contributed by atoms with Crippen LogP contribution in [0.1, 0.15) is 37.6 Å². The number of aromatic nitrogens is 3. The zero-order chi connectivity index (χ0) is 12.7. The maximum absolute atomic E-state index is 5.60. The lowest BCUT2D eigenvalue weighted by Crippen LogP contribution is -2.19. The molecule has 1 aromatic rings. The molecule has 0 saturated carbocycles. The summed E-state index contributed by atoms with van der Waals surface area (Å²) in [6, 6.07) is 0. The number of nitrogens with two attached hydrogens (primary N) is 1. The summed E-state index contributed by atoms with van der Waals surface area (Å²) in [4.78, 5) is 4.35. The third-order valence-corrected chi connectivity index (χ3v) is 2.91. The van der Waals surface area contributed by atoms with Crippen molar-refractivity contribution in [3.63, 3.8) is 0 Å². The molecule has 0 radical (unpaired) electrons. The van der Waals surface area contributed by atoms with Gasteiger partial charge in [-0.15, -0.1) is 5.10 Å². The van der Waals surface area contributed by atoms with Crippen LogP contribution in [0.5, 0.6) is 0 Å². The molecule has 17 heavy (non-hydrogen) atoms. The summed E-state index contributed by atoms with van der Waals surface area (Å²) < 4.78 is 0. The molecule has 0 spiro atoms. The monoisotopic (exact) mass is 237 g/mol. The fourth-order valence-electron chi connectivity index (χ4n) is 1.76. The number of anilines is 1. The summed E-state index contributed by atoms with van der Waals surface area (Å²) in [5.74, 6) is 1.21. The molecule has 0 bridgehead atoms. The molecule has 0 saturated heterocycles. The van der Waals surface area contributed by atoms with Gasteiger partial charge >= 0.3 is 0 Å². The van der Waals surface area contributed by atoms with Crippen LogP contribution in [0.4, 0.5) is 5.95 Å². The average Bonchev–Trinajstić information content (AvgIpc) is 2.31. The Morgan fingerprint density at radius 1 is 1.18 bits per heavy atom. The highest BCUT2D eigenvalue weighted by molar-refractivity contribution is 5.24. The summed E-state index contributed by atoms with van der Waals surface area (Å²) in [5.41, 5.74) is 7.40. The molecular formula is C12H23N5. The largest absolute Gasteiger partial charge is 0.353 e. The van der Waals surface area contributed by atoms with Crippen molar-refractivity contribution in [3.05, 3.63) is 11.4 Å². The van der Waals surface area contributed by atoms with E-state index in [9.17, 15) is 0 Å². The van der Waals surface area contributed by atoms with Gasteiger partial charge < -0.3 is 11.1 Å². The molecule has 0 aliphatic carbocycles. The molecule has 5 heteroatoms. The van der Waals surface area contributed by atoms with E-state index in [0.717, 1.165) is 30.9 Å². The minimum Gasteiger partial charge on any atom is -0.353 e. The second-order valence-corrected chi connectivity index (χ2v) is 4.42. The van der Waals surface area contributed by atoms with Gasteiger partial charge in [0.25, 0.3) is 0 Å². The van der Waals surface area contributed by atoms with Gasteiger partial charge in [-0.2, -0.15) is 5.10 Å². The van der Waals surface area contributed by atoms with E-state index in [1.807, 2.05) is 13.8 Å². The first-order chi connectivity index (χ1) is 8.17. The van der Waals surface area contributed by atoms with E-state index in [1.54, 1.807) is 0 Å². The van der Waals surface area contributed by atoms with Crippen molar-refractivity contribution in [3.8, 4) is 0 Å². The van der Waals surface area contributed by atoms with Crippen molar-refractivity contribution in [1.29, 1.82) is 0 Å². The van der Waals surface area contributed by atoms with Crippen LogP contribution in [0.3, 0.4) is 0 Å². The molecule has 0 aliphatic heterocycles. The fourth-order valence-corrected chi connectivity index (χ4v) is 1.76. The average molecular weight is 237 g/mol. The number of hydrogen-bond acceptors (Lipinski definition) is 5. The normalized spacial score (nSPS) is 12.5. The molecule has 1 aromatic heterocycles. The van der Waals surface area contributed by atoms with Crippen molar-refractivity contribution in [2.75, 3.05) is 18.4 Å². The molecule has 0 aliphatic rings. The molecule has 96 valence electrons. The van der Waals surface area contributed by atoms with Crippen molar-refractivity contribution in [2.24, 2.45) is 11.7 Å². The Balaban J connectivity index is 2.49. The van der Waals surface area contributed by atoms with Gasteiger partial charge in [-0.05, 0) is 39.2 Å². The second kappa shape index (κ2) is 7.17. The Morgan fingerprint density at radius 2 is 1.94 bits per heavy atom. The number of rotatable bonds is 7. The topological polar surface area (TPSA) is 76.7 Å². The van der Waals surface area contributed by atoms with E-state index < -0.39 is 0 Å². The molecule has 1 unspecified atom stereocenters. The van der Waals surface area contributed by atoms with Gasteiger partial charge in [-0.3, -0.25) is 0 Å². The van der Waals surface area contributed by atoms with Gasteiger partial charge in [-0.1, -0.05) is 13.3 Å². The Morgan fingerprint density at radius 3 is 2.53 bits per heavy atom. The van der Waals surface area contributed by atoms with Gasteiger partial charge in [0.1, 0.15) is 0 Å². The summed E-state index contributed by atoms with van der Waals surface area (Å²) in [6.45, 7) is 7.65. The van der Waals surface area contributed by atoms with Gasteiger partial charge in [0.15, 0.2) is 0 Å². The highest BCUT2D eigenvalue weighted by Gasteiger charge is 2.08. The first-order valence-corrected chi connectivity index (χ1v) is 6.29. The van der Waals surface area contributed by atoms with E-state index in [2.05, 4.69) is 27.4 Å². The predicted octanol–water partition coefficient (Wildman–Crippen LogP) is 1.67. The first-order valence-electron chi connectivity index (χ1n) is 6.29. The Hall–Kier alpha value is -1.23. The van der Waals surface area contributed by atoms with E-state index in [-0.39, 0.29) is 0 Å². The SMILES string of the molecule is CCCC(CCN)CNc1nnc(C)c(C)n1. The zero-order valence-electron chi connectivity index (χ0n) is 11.0. The maximum atomic E-state index is 5.60. The van der Waals surface area contributed by atoms with Crippen LogP contribution < -0.4 is 11.1 Å². The number of aryl methyl sites for hydroxylation is 2. The highest BCUT2D eigenvalue weighted by Crippen LogP contribution is 2.11. The molecule has 3 N–H and O–H groups in total. The van der Waals surface area contributed by atoms with Crippen molar-refractivity contribution < 1.29 is 0 Å². The maximum Gasteiger partial charge on any atom is 0.242 e. The van der Waals surface area contributed by atoms with E-state index >= 15 is 0 Å². The molecule has 0 fully saturated rings. The fraction of sp³-hybridized carbons (Fsp3) is 0.750. The van der Waals surface area contributed by atoms with Crippen LogP contribution in [0, 0.1) is 19.8 Å². The number of nitrogens with one attached hydrogen (secondary N) is 1. The molecule has 1 rings (SSSR count). The smallest absolute Gasteiger partial charge is 0.242 e. The van der Waals surface area contributed by atoms with E-state index in [1.165, 1.54) is 12.8 Å². The van der Waals surface area contributed by atoms with Crippen LogP contribution in [-0.4, -0.2) is 28.3 Å². The lowest BCUT2D eigenvalue weighted by Gasteiger charge is -2.15. The molecule has 0 aromatic carbocycles. The lowest BCUT2D eigenvalue weighted by atomic mass is 10.00. The van der Waals surface area contributed by atoms with Crippen LogP contribution in [-0.2, 0) is 0 Å². The summed E-state index contributed by atoms with van der Waals surface area (Å²) in [6.07, 6.45) is 3.40. The van der Waals surface area contributed by atoms with Crippen LogP contribution >= 0.6 is 0 Å². The van der Waals surface area contributed by atoms with Crippen molar-refractivity contribution >= 4 is 5.95 Å². The van der Waals surface area contributed by atoms with Crippen LogP contribution in [0.15, 0.2) is 0 Å². The molecule has 5 nitrogen and oxygen atoms in total. The standard InChI is InChI=1S/C12H23N5/c1-4-5-11(6-7-13)8-14-12-15-9(2)10(3)16-17-12/h11H,4-8,13H2,1-3H3,(H,14,15,17). The minimum atomic E-state index is 0.593. The second-order valence-electron chi connectivity index (χ2n) is 4.42. The van der Waals surface area contributed by atoms with E-state index in [0.29, 0.717) is 11.9 Å². The number of hydrogen-bond donors (Lipinski definition) is 2. The van der Waals surface area contributed by atoms with Gasteiger partial charge in [0, 0.05) is 6.54 Å². The van der Waals surface area contributed by atoms with Crippen molar-refractivity contribution in [2.45, 2.75) is 40.0 Å². The number of nitrogens with zero attached hydrogens (tertiary/aromatic N) is 3. The predicted molar refractivity (Wildman–Crippen MR) is 69.9 cm³/mol. The molecule has 1 atom stereocenters. The summed E-state index contributed by atoms with van der Waals surface area (Å²) >= 11 is 0. The van der Waals surface area contributed by atoms with E-state index in [4.69, 9.17) is 5.73 Å². The first kappa shape index (κ1) is 13.8. The summed E-state index contributed by atoms with van der Waals surface area (Å²) in [7, 11) is 0. The third-order valence-electron chi connectivity index (χ3n) is 2.91. The molecule has 1 heterocycles. The van der Waals surface area contributed by atoms with Gasteiger partial charge in [0.2, 0.25) is 5.95 Å². The minimum absolute atomic E-state index is 0.593. The highest BCUT2D eigenvalue weighted by atomic mass is 15.2. The van der Waals surface area contributed by atoms with Crippen LogP contribution in [0.25, 0.3) is 0 Å². The van der Waals surface area contributed by atoms with Gasteiger partial charge in [0.05, 0.1) is 11.4 Å². The summed E-state index contributed by atoms with van der Waals surface area (Å²) in [5, 5.41) is 11.3. The molecular weight excluding hydrogens is 214 g/mol. The Bertz CT molecular complexity index is 334. The molecule has 0 amide bonds. The lowest BCUT2D eigenvalue weighted by molar-refractivity contribution is 0.472. The Labute approximate surface area is 103 Å². The Kier molecular flexibility index (Phi) is 5.83. The third kappa shape index (κ3) is 4.65. The van der Waals surface area contributed by atoms with Gasteiger partial charge in [-0.25, -0.2) is 4.98 Å². The van der Waals surface area contributed by atoms with Crippen molar-refractivity contribution in [1.82, 2.24) is 15.2 Å². The van der Waals surface area contributed by atoms with Crippen LogP contribution in [0.2, 0.25) is 0 Å². The quantitative estimate of drug-likeness (QED) is 0.754. The zero-order valence-corrected chi connectivity index (χ0v) is 11.0.